The molecule has 1 atom stereocenters. The number of rotatable bonds is 8. The summed E-state index contributed by atoms with van der Waals surface area (Å²) in [4.78, 5) is 2.78. The maximum atomic E-state index is 12.5. The van der Waals surface area contributed by atoms with Gasteiger partial charge in [-0.25, -0.2) is 13.1 Å². The van der Waals surface area contributed by atoms with Crippen LogP contribution in [0.15, 0.2) is 53.4 Å². The fraction of sp³-hybridized carbons (Fsp3) is 0.455. The van der Waals surface area contributed by atoms with Crippen LogP contribution in [0.4, 0.5) is 0 Å². The third-order valence-corrected chi connectivity index (χ3v) is 6.75. The molecule has 0 saturated carbocycles. The Bertz CT molecular complexity index is 869. The molecule has 0 aromatic heterocycles. The van der Waals surface area contributed by atoms with Gasteiger partial charge in [0.2, 0.25) is 10.0 Å². The Morgan fingerprint density at radius 3 is 2.68 bits per heavy atom. The largest absolute Gasteiger partial charge is 0.371 e. The molecule has 0 amide bonds. The molecule has 1 saturated heterocycles. The van der Waals surface area contributed by atoms with E-state index in [2.05, 4.69) is 21.8 Å². The SMILES string of the molecule is Cc1ccc(C)c(S(=O)(=O)NCCCCN2CCO[C@H](c3ccccc3)C2)c1. The number of ether oxygens (including phenoxy) is 1. The van der Waals surface area contributed by atoms with Crippen LogP contribution in [0.2, 0.25) is 0 Å². The Morgan fingerprint density at radius 1 is 1.11 bits per heavy atom. The van der Waals surface area contributed by atoms with Gasteiger partial charge in [-0.3, -0.25) is 4.90 Å². The summed E-state index contributed by atoms with van der Waals surface area (Å²) in [5, 5.41) is 0. The molecule has 0 unspecified atom stereocenters. The number of sulfonamides is 1. The van der Waals surface area contributed by atoms with E-state index < -0.39 is 10.0 Å². The van der Waals surface area contributed by atoms with Crippen LogP contribution in [0, 0.1) is 13.8 Å². The number of hydrogen-bond acceptors (Lipinski definition) is 4. The Balaban J connectivity index is 1.42. The van der Waals surface area contributed by atoms with Crippen molar-refractivity contribution in [2.24, 2.45) is 0 Å². The first-order valence-electron chi connectivity index (χ1n) is 9.91. The Kier molecular flexibility index (Phi) is 7.24. The smallest absolute Gasteiger partial charge is 0.240 e. The molecule has 6 heteroatoms. The van der Waals surface area contributed by atoms with E-state index in [1.807, 2.05) is 44.2 Å². The molecular formula is C22H30N2O3S. The first-order valence-corrected chi connectivity index (χ1v) is 11.4. The van der Waals surface area contributed by atoms with E-state index in [1.165, 1.54) is 5.56 Å². The number of benzene rings is 2. The summed E-state index contributed by atoms with van der Waals surface area (Å²) < 4.78 is 33.7. The van der Waals surface area contributed by atoms with E-state index in [-0.39, 0.29) is 6.10 Å². The molecule has 1 aliphatic heterocycles. The zero-order valence-corrected chi connectivity index (χ0v) is 17.5. The first kappa shape index (κ1) is 21.0. The van der Waals surface area contributed by atoms with Crippen molar-refractivity contribution in [1.29, 1.82) is 0 Å². The molecule has 2 aromatic carbocycles. The molecule has 0 radical (unpaired) electrons. The lowest BCUT2D eigenvalue weighted by Crippen LogP contribution is -2.39. The topological polar surface area (TPSA) is 58.6 Å². The lowest BCUT2D eigenvalue weighted by molar-refractivity contribution is -0.0303. The summed E-state index contributed by atoms with van der Waals surface area (Å²) in [6.45, 7) is 7.70. The van der Waals surface area contributed by atoms with Crippen LogP contribution in [0.1, 0.15) is 35.6 Å². The van der Waals surface area contributed by atoms with Crippen LogP contribution < -0.4 is 4.72 Å². The van der Waals surface area contributed by atoms with Crippen LogP contribution in [-0.2, 0) is 14.8 Å². The summed E-state index contributed by atoms with van der Waals surface area (Å²) in [7, 11) is -3.45. The second-order valence-electron chi connectivity index (χ2n) is 7.44. The normalized spacial score (nSPS) is 18.3. The maximum absolute atomic E-state index is 12.5. The number of nitrogens with one attached hydrogen (secondary N) is 1. The van der Waals surface area contributed by atoms with Gasteiger partial charge < -0.3 is 4.74 Å². The summed E-state index contributed by atoms with van der Waals surface area (Å²) in [5.41, 5.74) is 2.94. The third-order valence-electron chi connectivity index (χ3n) is 5.15. The van der Waals surface area contributed by atoms with Gasteiger partial charge in [0, 0.05) is 19.6 Å². The van der Waals surface area contributed by atoms with Crippen molar-refractivity contribution in [3.8, 4) is 0 Å². The molecule has 3 rings (SSSR count). The Labute approximate surface area is 168 Å². The fourth-order valence-corrected chi connectivity index (χ4v) is 4.92. The minimum absolute atomic E-state index is 0.123. The van der Waals surface area contributed by atoms with Crippen molar-refractivity contribution < 1.29 is 13.2 Å². The lowest BCUT2D eigenvalue weighted by atomic mass is 10.1. The standard InChI is InChI=1S/C22H30N2O3S/c1-18-10-11-19(2)22(16-18)28(25,26)23-12-6-7-13-24-14-15-27-21(17-24)20-8-4-3-5-9-20/h3-5,8-11,16,21,23H,6-7,12-15,17H2,1-2H3/t21-/m0/s1. The van der Waals surface area contributed by atoms with Crippen LogP contribution >= 0.6 is 0 Å². The minimum atomic E-state index is -3.45. The number of aryl methyl sites for hydroxylation is 2. The van der Waals surface area contributed by atoms with Gasteiger partial charge in [-0.1, -0.05) is 42.5 Å². The highest BCUT2D eigenvalue weighted by molar-refractivity contribution is 7.89. The van der Waals surface area contributed by atoms with Crippen LogP contribution in [-0.4, -0.2) is 46.1 Å². The molecular weight excluding hydrogens is 372 g/mol. The van der Waals surface area contributed by atoms with Gasteiger partial charge in [0.1, 0.15) is 0 Å². The molecule has 0 aliphatic carbocycles. The number of unbranched alkanes of at least 4 members (excludes halogenated alkanes) is 1. The lowest BCUT2D eigenvalue weighted by Gasteiger charge is -2.33. The molecule has 1 N–H and O–H groups in total. The van der Waals surface area contributed by atoms with Gasteiger partial charge in [0.25, 0.3) is 0 Å². The van der Waals surface area contributed by atoms with Crippen molar-refractivity contribution >= 4 is 10.0 Å². The molecule has 28 heavy (non-hydrogen) atoms. The summed E-state index contributed by atoms with van der Waals surface area (Å²) in [5.74, 6) is 0. The predicted octanol–water partition coefficient (Wildman–Crippen LogP) is 3.44. The van der Waals surface area contributed by atoms with Crippen LogP contribution in [0.5, 0.6) is 0 Å². The van der Waals surface area contributed by atoms with Crippen molar-refractivity contribution in [2.75, 3.05) is 32.8 Å². The number of hydrogen-bond donors (Lipinski definition) is 1. The van der Waals surface area contributed by atoms with E-state index in [0.29, 0.717) is 11.4 Å². The van der Waals surface area contributed by atoms with E-state index in [1.54, 1.807) is 6.07 Å². The van der Waals surface area contributed by atoms with Gasteiger partial charge in [0.15, 0.2) is 0 Å². The second kappa shape index (κ2) is 9.65. The molecule has 1 aliphatic rings. The fourth-order valence-electron chi connectivity index (χ4n) is 3.52. The molecule has 152 valence electrons. The highest BCUT2D eigenvalue weighted by Crippen LogP contribution is 2.22. The zero-order valence-electron chi connectivity index (χ0n) is 16.7. The van der Waals surface area contributed by atoms with E-state index in [0.717, 1.165) is 50.2 Å². The second-order valence-corrected chi connectivity index (χ2v) is 9.18. The van der Waals surface area contributed by atoms with Gasteiger partial charge in [-0.15, -0.1) is 0 Å². The summed E-state index contributed by atoms with van der Waals surface area (Å²) >= 11 is 0. The summed E-state index contributed by atoms with van der Waals surface area (Å²) in [6, 6.07) is 15.8. The molecule has 0 bridgehead atoms. The van der Waals surface area contributed by atoms with Crippen molar-refractivity contribution in [3.05, 3.63) is 65.2 Å². The monoisotopic (exact) mass is 402 g/mol. The molecule has 1 heterocycles. The molecule has 2 aromatic rings. The Hall–Kier alpha value is -1.73. The number of morpholine rings is 1. The molecule has 0 spiro atoms. The van der Waals surface area contributed by atoms with E-state index in [9.17, 15) is 8.42 Å². The molecule has 1 fully saturated rings. The highest BCUT2D eigenvalue weighted by atomic mass is 32.2. The van der Waals surface area contributed by atoms with Gasteiger partial charge in [-0.05, 0) is 56.0 Å². The van der Waals surface area contributed by atoms with Crippen LogP contribution in [0.25, 0.3) is 0 Å². The van der Waals surface area contributed by atoms with Gasteiger partial charge in [0.05, 0.1) is 17.6 Å². The maximum Gasteiger partial charge on any atom is 0.240 e. The minimum Gasteiger partial charge on any atom is -0.371 e. The third kappa shape index (κ3) is 5.64. The van der Waals surface area contributed by atoms with E-state index >= 15 is 0 Å². The van der Waals surface area contributed by atoms with Crippen LogP contribution in [0.3, 0.4) is 0 Å². The van der Waals surface area contributed by atoms with Gasteiger partial charge >= 0.3 is 0 Å². The van der Waals surface area contributed by atoms with Crippen molar-refractivity contribution in [3.63, 3.8) is 0 Å². The quantitative estimate of drug-likeness (QED) is 0.687. The first-order chi connectivity index (χ1) is 13.5. The Morgan fingerprint density at radius 2 is 1.89 bits per heavy atom. The number of nitrogens with zero attached hydrogens (tertiary/aromatic N) is 1. The van der Waals surface area contributed by atoms with Crippen molar-refractivity contribution in [2.45, 2.75) is 37.7 Å². The van der Waals surface area contributed by atoms with E-state index in [4.69, 9.17) is 4.74 Å². The zero-order chi connectivity index (χ0) is 20.0. The van der Waals surface area contributed by atoms with Crippen molar-refractivity contribution in [1.82, 2.24) is 9.62 Å². The average Bonchev–Trinajstić information content (AvgIpc) is 2.70. The average molecular weight is 403 g/mol. The van der Waals surface area contributed by atoms with Gasteiger partial charge in [-0.2, -0.15) is 0 Å². The predicted molar refractivity (Wildman–Crippen MR) is 112 cm³/mol. The summed E-state index contributed by atoms with van der Waals surface area (Å²) in [6.07, 6.45) is 1.90. The molecule has 5 nitrogen and oxygen atoms in total. The highest BCUT2D eigenvalue weighted by Gasteiger charge is 2.21.